The van der Waals surface area contributed by atoms with Gasteiger partial charge in [0.2, 0.25) is 0 Å². The average molecular weight is 320 g/mol. The molecule has 2 nitrogen and oxygen atoms in total. The van der Waals surface area contributed by atoms with E-state index < -0.39 is 5.82 Å². The average Bonchev–Trinajstić information content (AvgIpc) is 2.44. The minimum atomic E-state index is -0.435. The molecule has 2 unspecified atom stereocenters. The lowest BCUT2D eigenvalue weighted by atomic mass is 10.1. The van der Waals surface area contributed by atoms with E-state index in [4.69, 9.17) is 27.9 Å². The third-order valence-electron chi connectivity index (χ3n) is 3.70. The highest BCUT2D eigenvalue weighted by molar-refractivity contribution is 6.36. The van der Waals surface area contributed by atoms with E-state index in [0.717, 1.165) is 32.4 Å². The second-order valence-corrected chi connectivity index (χ2v) is 6.00. The Morgan fingerprint density at radius 3 is 2.90 bits per heavy atom. The third-order valence-corrected chi connectivity index (χ3v) is 4.42. The first-order valence-corrected chi connectivity index (χ1v) is 7.83. The van der Waals surface area contributed by atoms with Gasteiger partial charge in [0.15, 0.2) is 0 Å². The van der Waals surface area contributed by atoms with Gasteiger partial charge in [0.1, 0.15) is 5.82 Å². The van der Waals surface area contributed by atoms with E-state index in [1.54, 1.807) is 6.07 Å². The van der Waals surface area contributed by atoms with Crippen molar-refractivity contribution in [2.24, 2.45) is 0 Å². The van der Waals surface area contributed by atoms with Crippen LogP contribution in [0.15, 0.2) is 12.1 Å². The maximum absolute atomic E-state index is 13.5. The van der Waals surface area contributed by atoms with Gasteiger partial charge in [-0.15, -0.1) is 0 Å². The molecule has 0 amide bonds. The molecule has 0 saturated carbocycles. The molecule has 112 valence electrons. The Morgan fingerprint density at radius 2 is 2.20 bits per heavy atom. The van der Waals surface area contributed by atoms with Crippen LogP contribution in [0.5, 0.6) is 0 Å². The standard InChI is InChI=1S/C15H20Cl2FNO/c1-10(14-12(16)5-6-13(18)15(14)17)19-8-7-11-4-2-3-9-20-11/h5-6,10-11,19H,2-4,7-9H2,1H3. The highest BCUT2D eigenvalue weighted by Gasteiger charge is 2.18. The van der Waals surface area contributed by atoms with E-state index >= 15 is 0 Å². The molecule has 1 aromatic rings. The summed E-state index contributed by atoms with van der Waals surface area (Å²) in [7, 11) is 0. The van der Waals surface area contributed by atoms with Crippen molar-refractivity contribution in [1.82, 2.24) is 5.32 Å². The number of halogens is 3. The van der Waals surface area contributed by atoms with Gasteiger partial charge in [-0.25, -0.2) is 4.39 Å². The van der Waals surface area contributed by atoms with Crippen LogP contribution in [0.1, 0.15) is 44.2 Å². The molecule has 1 aliphatic heterocycles. The van der Waals surface area contributed by atoms with Crippen LogP contribution in [-0.4, -0.2) is 19.3 Å². The molecule has 1 fully saturated rings. The molecule has 5 heteroatoms. The zero-order valence-corrected chi connectivity index (χ0v) is 13.1. The zero-order chi connectivity index (χ0) is 14.5. The molecule has 2 rings (SSSR count). The van der Waals surface area contributed by atoms with Crippen molar-refractivity contribution in [2.75, 3.05) is 13.2 Å². The Morgan fingerprint density at radius 1 is 1.40 bits per heavy atom. The van der Waals surface area contributed by atoms with Crippen molar-refractivity contribution < 1.29 is 9.13 Å². The van der Waals surface area contributed by atoms with Crippen LogP contribution >= 0.6 is 23.2 Å². The summed E-state index contributed by atoms with van der Waals surface area (Å²) < 4.78 is 19.2. The summed E-state index contributed by atoms with van der Waals surface area (Å²) in [6.07, 6.45) is 4.81. The summed E-state index contributed by atoms with van der Waals surface area (Å²) in [5.74, 6) is -0.435. The number of benzene rings is 1. The Hall–Kier alpha value is -0.350. The summed E-state index contributed by atoms with van der Waals surface area (Å²) in [5.41, 5.74) is 0.623. The van der Waals surface area contributed by atoms with Gasteiger partial charge in [0.25, 0.3) is 0 Å². The number of ether oxygens (including phenoxy) is 1. The van der Waals surface area contributed by atoms with Crippen LogP contribution in [0.25, 0.3) is 0 Å². The molecule has 0 bridgehead atoms. The normalized spacial score (nSPS) is 20.9. The summed E-state index contributed by atoms with van der Waals surface area (Å²) in [6.45, 7) is 3.60. The van der Waals surface area contributed by atoms with E-state index in [9.17, 15) is 4.39 Å². The summed E-state index contributed by atoms with van der Waals surface area (Å²) in [4.78, 5) is 0. The first kappa shape index (κ1) is 16.0. The van der Waals surface area contributed by atoms with Crippen LogP contribution in [0, 0.1) is 5.82 Å². The van der Waals surface area contributed by atoms with Gasteiger partial charge >= 0.3 is 0 Å². The highest BCUT2D eigenvalue weighted by atomic mass is 35.5. The minimum Gasteiger partial charge on any atom is -0.378 e. The highest BCUT2D eigenvalue weighted by Crippen LogP contribution is 2.32. The van der Waals surface area contributed by atoms with Gasteiger partial charge in [-0.3, -0.25) is 0 Å². The zero-order valence-electron chi connectivity index (χ0n) is 11.6. The van der Waals surface area contributed by atoms with Crippen molar-refractivity contribution in [2.45, 2.75) is 44.8 Å². The van der Waals surface area contributed by atoms with Gasteiger partial charge < -0.3 is 10.1 Å². The number of hydrogen-bond donors (Lipinski definition) is 1. The predicted molar refractivity (Wildman–Crippen MR) is 81.0 cm³/mol. The molecule has 0 aromatic heterocycles. The van der Waals surface area contributed by atoms with Crippen molar-refractivity contribution >= 4 is 23.2 Å². The van der Waals surface area contributed by atoms with E-state index in [2.05, 4.69) is 5.32 Å². The monoisotopic (exact) mass is 319 g/mol. The van der Waals surface area contributed by atoms with Crippen molar-refractivity contribution in [3.8, 4) is 0 Å². The fourth-order valence-electron chi connectivity index (χ4n) is 2.54. The van der Waals surface area contributed by atoms with Crippen LogP contribution in [0.4, 0.5) is 4.39 Å². The van der Waals surface area contributed by atoms with E-state index in [0.29, 0.717) is 16.7 Å². The second kappa shape index (κ2) is 7.60. The first-order valence-electron chi connectivity index (χ1n) is 7.08. The molecule has 1 heterocycles. The predicted octanol–water partition coefficient (Wildman–Crippen LogP) is 4.74. The van der Waals surface area contributed by atoms with E-state index in [1.807, 2.05) is 6.92 Å². The summed E-state index contributed by atoms with van der Waals surface area (Å²) in [6, 6.07) is 2.74. The smallest absolute Gasteiger partial charge is 0.142 e. The number of rotatable bonds is 5. The lowest BCUT2D eigenvalue weighted by Crippen LogP contribution is -2.27. The Labute approximate surface area is 129 Å². The Bertz CT molecular complexity index is 450. The third kappa shape index (κ3) is 4.08. The van der Waals surface area contributed by atoms with Gasteiger partial charge in [0.05, 0.1) is 11.1 Å². The van der Waals surface area contributed by atoms with Gasteiger partial charge in [-0.05, 0) is 51.3 Å². The van der Waals surface area contributed by atoms with E-state index in [-0.39, 0.29) is 11.1 Å². The van der Waals surface area contributed by atoms with E-state index in [1.165, 1.54) is 12.5 Å². The van der Waals surface area contributed by atoms with Crippen LogP contribution < -0.4 is 5.32 Å². The maximum atomic E-state index is 13.5. The van der Waals surface area contributed by atoms with Crippen molar-refractivity contribution in [1.29, 1.82) is 0 Å². The molecule has 0 aliphatic carbocycles. The minimum absolute atomic E-state index is 0.0886. The van der Waals surface area contributed by atoms with Crippen LogP contribution in [0.2, 0.25) is 10.0 Å². The number of hydrogen-bond acceptors (Lipinski definition) is 2. The summed E-state index contributed by atoms with van der Waals surface area (Å²) >= 11 is 12.1. The van der Waals surface area contributed by atoms with Crippen LogP contribution in [-0.2, 0) is 4.74 Å². The molecule has 0 radical (unpaired) electrons. The van der Waals surface area contributed by atoms with Crippen LogP contribution in [0.3, 0.4) is 0 Å². The molecular formula is C15H20Cl2FNO. The molecule has 1 aliphatic rings. The largest absolute Gasteiger partial charge is 0.378 e. The van der Waals surface area contributed by atoms with Gasteiger partial charge in [-0.2, -0.15) is 0 Å². The lowest BCUT2D eigenvalue weighted by Gasteiger charge is -2.24. The molecular weight excluding hydrogens is 300 g/mol. The molecule has 1 aromatic carbocycles. The Balaban J connectivity index is 1.88. The fraction of sp³-hybridized carbons (Fsp3) is 0.600. The lowest BCUT2D eigenvalue weighted by molar-refractivity contribution is 0.0112. The quantitative estimate of drug-likeness (QED) is 0.791. The van der Waals surface area contributed by atoms with Gasteiger partial charge in [-0.1, -0.05) is 23.2 Å². The molecule has 20 heavy (non-hydrogen) atoms. The molecule has 1 saturated heterocycles. The summed E-state index contributed by atoms with van der Waals surface area (Å²) in [5, 5.41) is 3.93. The molecule has 1 N–H and O–H groups in total. The molecule has 2 atom stereocenters. The fourth-order valence-corrected chi connectivity index (χ4v) is 3.24. The second-order valence-electron chi connectivity index (χ2n) is 5.21. The first-order chi connectivity index (χ1) is 9.59. The van der Waals surface area contributed by atoms with Gasteiger partial charge in [0, 0.05) is 23.2 Å². The number of nitrogens with one attached hydrogen (secondary N) is 1. The topological polar surface area (TPSA) is 21.3 Å². The van der Waals surface area contributed by atoms with Crippen molar-refractivity contribution in [3.63, 3.8) is 0 Å². The molecule has 0 spiro atoms. The maximum Gasteiger partial charge on any atom is 0.142 e. The SMILES string of the molecule is CC(NCCC1CCCCO1)c1c(Cl)ccc(F)c1Cl. The van der Waals surface area contributed by atoms with Crippen molar-refractivity contribution in [3.05, 3.63) is 33.6 Å². The Kier molecular flexibility index (Phi) is 6.09.